The van der Waals surface area contributed by atoms with Crippen LogP contribution in [0.3, 0.4) is 0 Å². The zero-order chi connectivity index (χ0) is 12.5. The predicted octanol–water partition coefficient (Wildman–Crippen LogP) is 2.70. The zero-order valence-electron chi connectivity index (χ0n) is 9.93. The lowest BCUT2D eigenvalue weighted by Crippen LogP contribution is -2.42. The summed E-state index contributed by atoms with van der Waals surface area (Å²) in [5.41, 5.74) is 1.92. The first kappa shape index (κ1) is 11.3. The molecule has 2 heterocycles. The van der Waals surface area contributed by atoms with Crippen LogP contribution >= 0.6 is 0 Å². The van der Waals surface area contributed by atoms with Crippen molar-refractivity contribution < 1.29 is 14.3 Å². The van der Waals surface area contributed by atoms with Crippen LogP contribution in [0, 0.1) is 0 Å². The van der Waals surface area contributed by atoms with Crippen LogP contribution in [0.2, 0.25) is 0 Å². The molecule has 1 aliphatic heterocycles. The molecule has 1 aliphatic rings. The highest BCUT2D eigenvalue weighted by molar-refractivity contribution is 5.81. The molecule has 3 rings (SSSR count). The number of nitrogens with one attached hydrogen (secondary N) is 1. The second-order valence-electron chi connectivity index (χ2n) is 4.73. The van der Waals surface area contributed by atoms with E-state index in [2.05, 4.69) is 5.32 Å². The summed E-state index contributed by atoms with van der Waals surface area (Å²) in [5, 5.41) is 13.3. The number of fused-ring (bicyclic) bond motifs is 1. The molecule has 0 saturated carbocycles. The van der Waals surface area contributed by atoms with E-state index in [-0.39, 0.29) is 6.04 Å². The van der Waals surface area contributed by atoms with Gasteiger partial charge in [0, 0.05) is 17.0 Å². The van der Waals surface area contributed by atoms with E-state index >= 15 is 0 Å². The van der Waals surface area contributed by atoms with Crippen LogP contribution in [0.25, 0.3) is 11.0 Å². The average molecular weight is 245 g/mol. The second kappa shape index (κ2) is 4.46. The maximum absolute atomic E-state index is 11.1. The van der Waals surface area contributed by atoms with Gasteiger partial charge in [-0.2, -0.15) is 0 Å². The summed E-state index contributed by atoms with van der Waals surface area (Å²) in [4.78, 5) is 11.1. The van der Waals surface area contributed by atoms with E-state index in [0.29, 0.717) is 6.42 Å². The van der Waals surface area contributed by atoms with Crippen LogP contribution in [0.1, 0.15) is 30.9 Å². The van der Waals surface area contributed by atoms with Crippen molar-refractivity contribution in [2.75, 3.05) is 0 Å². The SMILES string of the molecule is O=C(O)C1CCCC(c2cccc3ccoc23)N1. The third-order valence-corrected chi connectivity index (χ3v) is 3.57. The number of para-hydroxylation sites is 1. The van der Waals surface area contributed by atoms with Gasteiger partial charge in [-0.3, -0.25) is 10.1 Å². The molecule has 0 aliphatic carbocycles. The molecule has 2 N–H and O–H groups in total. The smallest absolute Gasteiger partial charge is 0.320 e. The first-order valence-electron chi connectivity index (χ1n) is 6.20. The molecule has 0 radical (unpaired) electrons. The monoisotopic (exact) mass is 245 g/mol. The summed E-state index contributed by atoms with van der Waals surface area (Å²) in [7, 11) is 0. The van der Waals surface area contributed by atoms with E-state index in [9.17, 15) is 4.79 Å². The van der Waals surface area contributed by atoms with Gasteiger partial charge in [0.2, 0.25) is 0 Å². The van der Waals surface area contributed by atoms with Gasteiger partial charge < -0.3 is 9.52 Å². The summed E-state index contributed by atoms with van der Waals surface area (Å²) in [6.45, 7) is 0. The Kier molecular flexibility index (Phi) is 2.80. The molecule has 0 spiro atoms. The van der Waals surface area contributed by atoms with Crippen LogP contribution in [-0.2, 0) is 4.79 Å². The summed E-state index contributed by atoms with van der Waals surface area (Å²) in [5.74, 6) is -0.772. The highest BCUT2D eigenvalue weighted by Crippen LogP contribution is 2.31. The molecule has 1 aromatic heterocycles. The largest absolute Gasteiger partial charge is 0.480 e. The standard InChI is InChI=1S/C14H15NO3/c16-14(17)12-6-2-5-11(15-12)10-4-1-3-9-7-8-18-13(9)10/h1,3-4,7-8,11-12,15H,2,5-6H2,(H,16,17). The van der Waals surface area contributed by atoms with Crippen LogP contribution in [0.5, 0.6) is 0 Å². The van der Waals surface area contributed by atoms with Gasteiger partial charge in [0.05, 0.1) is 6.26 Å². The van der Waals surface area contributed by atoms with E-state index in [4.69, 9.17) is 9.52 Å². The Morgan fingerprint density at radius 3 is 3.06 bits per heavy atom. The Balaban J connectivity index is 1.94. The molecule has 1 fully saturated rings. The van der Waals surface area contributed by atoms with Gasteiger partial charge in [-0.05, 0) is 25.3 Å². The number of aliphatic carboxylic acids is 1. The lowest BCUT2D eigenvalue weighted by atomic mass is 9.92. The fourth-order valence-electron chi connectivity index (χ4n) is 2.67. The molecule has 1 saturated heterocycles. The summed E-state index contributed by atoms with van der Waals surface area (Å²) in [6.07, 6.45) is 4.24. The van der Waals surface area contributed by atoms with E-state index in [1.54, 1.807) is 6.26 Å². The van der Waals surface area contributed by atoms with Gasteiger partial charge in [-0.25, -0.2) is 0 Å². The minimum Gasteiger partial charge on any atom is -0.480 e. The number of carboxylic acid groups (broad SMARTS) is 1. The van der Waals surface area contributed by atoms with Crippen molar-refractivity contribution >= 4 is 16.9 Å². The van der Waals surface area contributed by atoms with Gasteiger partial charge in [0.25, 0.3) is 0 Å². The van der Waals surface area contributed by atoms with E-state index in [0.717, 1.165) is 29.4 Å². The first-order valence-corrected chi connectivity index (χ1v) is 6.20. The van der Waals surface area contributed by atoms with Gasteiger partial charge in [-0.15, -0.1) is 0 Å². The Labute approximate surface area is 105 Å². The van der Waals surface area contributed by atoms with Crippen molar-refractivity contribution in [2.24, 2.45) is 0 Å². The minimum absolute atomic E-state index is 0.0645. The van der Waals surface area contributed by atoms with Crippen LogP contribution in [0.15, 0.2) is 34.9 Å². The van der Waals surface area contributed by atoms with Crippen LogP contribution in [0.4, 0.5) is 0 Å². The van der Waals surface area contributed by atoms with Gasteiger partial charge in [0.15, 0.2) is 0 Å². The van der Waals surface area contributed by atoms with Gasteiger partial charge >= 0.3 is 5.97 Å². The van der Waals surface area contributed by atoms with Gasteiger partial charge in [0.1, 0.15) is 11.6 Å². The minimum atomic E-state index is -0.772. The molecule has 94 valence electrons. The zero-order valence-corrected chi connectivity index (χ0v) is 9.93. The van der Waals surface area contributed by atoms with Crippen molar-refractivity contribution in [3.05, 3.63) is 36.1 Å². The number of piperidine rings is 1. The van der Waals surface area contributed by atoms with Crippen molar-refractivity contribution in [1.29, 1.82) is 0 Å². The molecule has 1 aromatic carbocycles. The maximum Gasteiger partial charge on any atom is 0.320 e. The number of furan rings is 1. The summed E-state index contributed by atoms with van der Waals surface area (Å²) >= 11 is 0. The molecule has 2 aromatic rings. The van der Waals surface area contributed by atoms with Crippen LogP contribution in [-0.4, -0.2) is 17.1 Å². The molecule has 0 amide bonds. The summed E-state index contributed by atoms with van der Waals surface area (Å²) < 4.78 is 5.51. The van der Waals surface area contributed by atoms with Crippen molar-refractivity contribution in [1.82, 2.24) is 5.32 Å². The Morgan fingerprint density at radius 2 is 2.22 bits per heavy atom. The van der Waals surface area contributed by atoms with Crippen molar-refractivity contribution in [3.8, 4) is 0 Å². The normalized spacial score (nSPS) is 24.2. The Hall–Kier alpha value is -1.81. The van der Waals surface area contributed by atoms with Gasteiger partial charge in [-0.1, -0.05) is 18.2 Å². The highest BCUT2D eigenvalue weighted by atomic mass is 16.4. The molecular formula is C14H15NO3. The Bertz CT molecular complexity index is 575. The second-order valence-corrected chi connectivity index (χ2v) is 4.73. The molecular weight excluding hydrogens is 230 g/mol. The first-order chi connectivity index (χ1) is 8.75. The molecule has 2 unspecified atom stereocenters. The highest BCUT2D eigenvalue weighted by Gasteiger charge is 2.28. The maximum atomic E-state index is 11.1. The number of hydrogen-bond donors (Lipinski definition) is 2. The van der Waals surface area contributed by atoms with E-state index in [1.807, 2.05) is 24.3 Å². The molecule has 4 nitrogen and oxygen atoms in total. The number of benzene rings is 1. The number of carbonyl (C=O) groups is 1. The number of hydrogen-bond acceptors (Lipinski definition) is 3. The average Bonchev–Trinajstić information content (AvgIpc) is 2.87. The van der Waals surface area contributed by atoms with E-state index in [1.165, 1.54) is 0 Å². The van der Waals surface area contributed by atoms with Crippen LogP contribution < -0.4 is 5.32 Å². The molecule has 18 heavy (non-hydrogen) atoms. The lowest BCUT2D eigenvalue weighted by Gasteiger charge is -2.28. The number of carboxylic acids is 1. The fourth-order valence-corrected chi connectivity index (χ4v) is 2.67. The van der Waals surface area contributed by atoms with Crippen molar-refractivity contribution in [3.63, 3.8) is 0 Å². The third-order valence-electron chi connectivity index (χ3n) is 3.57. The molecule has 2 atom stereocenters. The molecule has 0 bridgehead atoms. The topological polar surface area (TPSA) is 62.5 Å². The quantitative estimate of drug-likeness (QED) is 0.854. The fraction of sp³-hybridized carbons (Fsp3) is 0.357. The third kappa shape index (κ3) is 1.88. The Morgan fingerprint density at radius 1 is 1.33 bits per heavy atom. The predicted molar refractivity (Wildman–Crippen MR) is 67.4 cm³/mol. The lowest BCUT2D eigenvalue weighted by molar-refractivity contribution is -0.140. The van der Waals surface area contributed by atoms with Crippen molar-refractivity contribution in [2.45, 2.75) is 31.3 Å². The number of rotatable bonds is 2. The van der Waals surface area contributed by atoms with E-state index < -0.39 is 12.0 Å². The summed E-state index contributed by atoms with van der Waals surface area (Å²) in [6, 6.07) is 7.53. The molecule has 4 heteroatoms.